The molecule has 0 bridgehead atoms. The average molecular weight is 425 g/mol. The number of benzene rings is 2. The van der Waals surface area contributed by atoms with E-state index in [0.717, 1.165) is 17.7 Å². The van der Waals surface area contributed by atoms with Crippen molar-refractivity contribution in [2.24, 2.45) is 0 Å². The first-order valence-corrected chi connectivity index (χ1v) is 9.24. The van der Waals surface area contributed by atoms with E-state index in [4.69, 9.17) is 9.47 Å². The number of carbonyl (C=O) groups is 1. The summed E-state index contributed by atoms with van der Waals surface area (Å²) in [6.07, 6.45) is -6.67. The van der Waals surface area contributed by atoms with Gasteiger partial charge in [-0.1, -0.05) is 42.5 Å². The van der Waals surface area contributed by atoms with Crippen molar-refractivity contribution in [3.05, 3.63) is 65.7 Å². The number of halogens is 3. The summed E-state index contributed by atoms with van der Waals surface area (Å²) in [6.45, 7) is 3.43. The molecule has 2 aromatic rings. The second-order valence-electron chi connectivity index (χ2n) is 7.30. The van der Waals surface area contributed by atoms with E-state index in [-0.39, 0.29) is 13.2 Å². The molecule has 3 rings (SSSR count). The Kier molecular flexibility index (Phi) is 6.23. The predicted molar refractivity (Wildman–Crippen MR) is 100 cm³/mol. The number of aliphatic hydroxyl groups is 1. The van der Waals surface area contributed by atoms with Gasteiger partial charge in [-0.3, -0.25) is 4.90 Å². The van der Waals surface area contributed by atoms with E-state index >= 15 is 0 Å². The molecule has 1 heterocycles. The summed E-state index contributed by atoms with van der Waals surface area (Å²) in [4.78, 5) is 14.1. The zero-order valence-corrected chi connectivity index (χ0v) is 16.4. The molecule has 1 amide bonds. The third kappa shape index (κ3) is 5.22. The van der Waals surface area contributed by atoms with Crippen LogP contribution in [0.1, 0.15) is 31.1 Å². The molecule has 0 spiro atoms. The second-order valence-corrected chi connectivity index (χ2v) is 7.30. The zero-order valence-electron chi connectivity index (χ0n) is 16.4. The van der Waals surface area contributed by atoms with E-state index in [1.54, 1.807) is 13.8 Å². The van der Waals surface area contributed by atoms with Crippen LogP contribution in [0.4, 0.5) is 18.0 Å². The SMILES string of the molecule is CC1(C)OC[C@H](C(O)c2ccc(OC(F)(F)F)cc2)N1C(=O)OCc1ccccc1. The highest BCUT2D eigenvalue weighted by molar-refractivity contribution is 5.69. The molecule has 0 aromatic heterocycles. The van der Waals surface area contributed by atoms with Crippen molar-refractivity contribution in [1.29, 1.82) is 0 Å². The number of hydrogen-bond acceptors (Lipinski definition) is 5. The third-order valence-corrected chi connectivity index (χ3v) is 4.74. The van der Waals surface area contributed by atoms with Crippen LogP contribution in [0.15, 0.2) is 54.6 Å². The van der Waals surface area contributed by atoms with Crippen molar-refractivity contribution in [3.8, 4) is 5.75 Å². The number of amides is 1. The third-order valence-electron chi connectivity index (χ3n) is 4.74. The maximum absolute atomic E-state index is 12.8. The quantitative estimate of drug-likeness (QED) is 0.770. The first-order valence-electron chi connectivity index (χ1n) is 9.24. The Hall–Kier alpha value is -2.78. The number of nitrogens with zero attached hydrogens (tertiary/aromatic N) is 1. The van der Waals surface area contributed by atoms with Gasteiger partial charge in [0, 0.05) is 0 Å². The van der Waals surface area contributed by atoms with Gasteiger partial charge >= 0.3 is 12.5 Å². The highest BCUT2D eigenvalue weighted by Crippen LogP contribution is 2.35. The van der Waals surface area contributed by atoms with Gasteiger partial charge in [-0.2, -0.15) is 0 Å². The van der Waals surface area contributed by atoms with Crippen LogP contribution in [0.25, 0.3) is 0 Å². The molecule has 1 saturated heterocycles. The largest absolute Gasteiger partial charge is 0.573 e. The standard InChI is InChI=1S/C21H22F3NO5/c1-20(2)25(19(27)28-12-14-6-4-3-5-7-14)17(13-29-20)18(26)15-8-10-16(11-9-15)30-21(22,23)24/h3-11,17-18,26H,12-13H2,1-2H3/t17-,18?/m1/s1. The highest BCUT2D eigenvalue weighted by atomic mass is 19.4. The molecular weight excluding hydrogens is 403 g/mol. The van der Waals surface area contributed by atoms with Crippen LogP contribution in [0.5, 0.6) is 5.75 Å². The van der Waals surface area contributed by atoms with Crippen LogP contribution < -0.4 is 4.74 Å². The molecule has 1 aliphatic rings. The molecule has 1 fully saturated rings. The van der Waals surface area contributed by atoms with Gasteiger partial charge in [0.05, 0.1) is 12.6 Å². The minimum Gasteiger partial charge on any atom is -0.444 e. The number of hydrogen-bond donors (Lipinski definition) is 1. The van der Waals surface area contributed by atoms with Crippen molar-refractivity contribution >= 4 is 6.09 Å². The molecule has 162 valence electrons. The first kappa shape index (κ1) is 21.9. The summed E-state index contributed by atoms with van der Waals surface area (Å²) in [6, 6.07) is 13.2. The number of rotatable bonds is 5. The zero-order chi connectivity index (χ0) is 21.9. The summed E-state index contributed by atoms with van der Waals surface area (Å²) in [7, 11) is 0. The van der Waals surface area contributed by atoms with E-state index in [2.05, 4.69) is 4.74 Å². The fourth-order valence-electron chi connectivity index (χ4n) is 3.30. The van der Waals surface area contributed by atoms with Crippen LogP contribution in [0, 0.1) is 0 Å². The molecule has 30 heavy (non-hydrogen) atoms. The van der Waals surface area contributed by atoms with E-state index in [1.807, 2.05) is 30.3 Å². The van der Waals surface area contributed by atoms with Crippen LogP contribution in [-0.2, 0) is 16.1 Å². The van der Waals surface area contributed by atoms with Crippen LogP contribution in [-0.4, -0.2) is 40.8 Å². The minimum absolute atomic E-state index is 0.0371. The molecule has 9 heteroatoms. The first-order chi connectivity index (χ1) is 14.1. The molecular formula is C21H22F3NO5. The molecule has 2 atom stereocenters. The maximum atomic E-state index is 12.8. The maximum Gasteiger partial charge on any atom is 0.573 e. The molecule has 0 aliphatic carbocycles. The van der Waals surface area contributed by atoms with Gasteiger partial charge in [-0.05, 0) is 37.1 Å². The van der Waals surface area contributed by atoms with E-state index < -0.39 is 36.1 Å². The Morgan fingerprint density at radius 3 is 2.43 bits per heavy atom. The van der Waals surface area contributed by atoms with Crippen LogP contribution in [0.2, 0.25) is 0 Å². The van der Waals surface area contributed by atoms with Gasteiger partial charge in [0.15, 0.2) is 0 Å². The number of alkyl halides is 3. The Labute approximate surface area is 171 Å². The van der Waals surface area contributed by atoms with E-state index in [9.17, 15) is 23.1 Å². The fourth-order valence-corrected chi connectivity index (χ4v) is 3.30. The summed E-state index contributed by atoms with van der Waals surface area (Å²) in [5.74, 6) is -0.402. The van der Waals surface area contributed by atoms with Crippen molar-refractivity contribution in [1.82, 2.24) is 4.90 Å². The predicted octanol–water partition coefficient (Wildman–Crippen LogP) is 4.39. The molecule has 1 aliphatic heterocycles. The fraction of sp³-hybridized carbons (Fsp3) is 0.381. The molecule has 0 saturated carbocycles. The molecule has 2 aromatic carbocycles. The van der Waals surface area contributed by atoms with Crippen LogP contribution in [0.3, 0.4) is 0 Å². The van der Waals surface area contributed by atoms with Crippen LogP contribution >= 0.6 is 0 Å². The van der Waals surface area contributed by atoms with Crippen molar-refractivity contribution in [2.75, 3.05) is 6.61 Å². The van der Waals surface area contributed by atoms with Gasteiger partial charge in [-0.25, -0.2) is 4.79 Å². The average Bonchev–Trinajstić information content (AvgIpc) is 3.01. The van der Waals surface area contributed by atoms with E-state index in [0.29, 0.717) is 5.56 Å². The normalized spacial score (nSPS) is 19.4. The Morgan fingerprint density at radius 1 is 1.20 bits per heavy atom. The second kappa shape index (κ2) is 8.53. The smallest absolute Gasteiger partial charge is 0.444 e. The summed E-state index contributed by atoms with van der Waals surface area (Å²) in [5, 5.41) is 10.8. The lowest BCUT2D eigenvalue weighted by molar-refractivity contribution is -0.274. The van der Waals surface area contributed by atoms with Gasteiger partial charge in [0.25, 0.3) is 0 Å². The Bertz CT molecular complexity index is 855. The lowest BCUT2D eigenvalue weighted by Gasteiger charge is -2.34. The number of ether oxygens (including phenoxy) is 3. The summed E-state index contributed by atoms with van der Waals surface area (Å²) in [5.41, 5.74) is 0.0940. The number of carbonyl (C=O) groups excluding carboxylic acids is 1. The van der Waals surface area contributed by atoms with Gasteiger partial charge < -0.3 is 19.3 Å². The lowest BCUT2D eigenvalue weighted by Crippen LogP contribution is -2.50. The molecule has 0 radical (unpaired) electrons. The molecule has 6 nitrogen and oxygen atoms in total. The lowest BCUT2D eigenvalue weighted by atomic mass is 10.0. The van der Waals surface area contributed by atoms with Gasteiger partial charge in [-0.15, -0.1) is 13.2 Å². The van der Waals surface area contributed by atoms with Crippen molar-refractivity contribution in [2.45, 2.75) is 44.7 Å². The van der Waals surface area contributed by atoms with Crippen molar-refractivity contribution in [3.63, 3.8) is 0 Å². The molecule has 1 N–H and O–H groups in total. The topological polar surface area (TPSA) is 68.2 Å². The monoisotopic (exact) mass is 425 g/mol. The molecule has 1 unspecified atom stereocenters. The van der Waals surface area contributed by atoms with E-state index in [1.165, 1.54) is 17.0 Å². The Morgan fingerprint density at radius 2 is 1.83 bits per heavy atom. The minimum atomic E-state index is -4.80. The Balaban J connectivity index is 1.72. The number of aliphatic hydroxyl groups excluding tert-OH is 1. The summed E-state index contributed by atoms with van der Waals surface area (Å²) < 4.78 is 51.9. The summed E-state index contributed by atoms with van der Waals surface area (Å²) >= 11 is 0. The highest BCUT2D eigenvalue weighted by Gasteiger charge is 2.48. The van der Waals surface area contributed by atoms with Crippen molar-refractivity contribution < 1.29 is 37.3 Å². The van der Waals surface area contributed by atoms with Gasteiger partial charge in [0.2, 0.25) is 0 Å². The van der Waals surface area contributed by atoms with Gasteiger partial charge in [0.1, 0.15) is 24.2 Å².